The Morgan fingerprint density at radius 3 is 1.29 bits per heavy atom. The van der Waals surface area contributed by atoms with Gasteiger partial charge in [0.25, 0.3) is 0 Å². The van der Waals surface area contributed by atoms with Crippen LogP contribution >= 0.6 is 11.6 Å². The Hall–Kier alpha value is -8.33. The van der Waals surface area contributed by atoms with Crippen molar-refractivity contribution in [1.82, 2.24) is 0 Å². The molecular weight excluding hydrogens is 1050 g/mol. The first kappa shape index (κ1) is 55.2. The number of para-hydroxylation sites is 1. The van der Waals surface area contributed by atoms with E-state index >= 15 is 0 Å². The molecule has 9 heteroatoms. The molecule has 10 aromatic rings. The molecule has 0 aliphatic carbocycles. The number of fused-ring (bicyclic) bond motifs is 4. The monoisotopic (exact) mass is 1120 g/mol. The van der Waals surface area contributed by atoms with Crippen molar-refractivity contribution in [1.29, 1.82) is 0 Å². The lowest BCUT2D eigenvalue weighted by molar-refractivity contribution is 0.171. The van der Waals surface area contributed by atoms with Crippen LogP contribution in [0.15, 0.2) is 168 Å². The maximum Gasteiger partial charge on any atom is 0.163 e. The van der Waals surface area contributed by atoms with E-state index < -0.39 is 0 Å². The molecule has 0 amide bonds. The number of rotatable bonds is 10. The molecule has 422 valence electrons. The van der Waals surface area contributed by atoms with Gasteiger partial charge in [-0.25, -0.2) is 0 Å². The van der Waals surface area contributed by atoms with E-state index in [-0.39, 0.29) is 16.2 Å². The van der Waals surface area contributed by atoms with Gasteiger partial charge in [0.05, 0.1) is 44.8 Å². The number of hydrogen-bond acceptors (Lipinski definition) is 8. The Kier molecular flexibility index (Phi) is 14.1. The van der Waals surface area contributed by atoms with Crippen LogP contribution in [0.1, 0.15) is 101 Å². The number of hydrogen-bond donors (Lipinski definition) is 0. The third kappa shape index (κ3) is 10.6. The molecule has 0 fully saturated rings. The Balaban J connectivity index is 1.17. The highest BCUT2D eigenvalue weighted by molar-refractivity contribution is 6.37. The molecule has 83 heavy (non-hydrogen) atoms. The first-order chi connectivity index (χ1) is 39.6. The van der Waals surface area contributed by atoms with Gasteiger partial charge in [0.15, 0.2) is 23.0 Å². The van der Waals surface area contributed by atoms with Gasteiger partial charge in [-0.15, -0.1) is 0 Å². The normalized spacial score (nSPS) is 13.4. The van der Waals surface area contributed by atoms with E-state index in [1.54, 1.807) is 0 Å². The summed E-state index contributed by atoms with van der Waals surface area (Å²) in [7, 11) is 0. The lowest BCUT2D eigenvalue weighted by Gasteiger charge is -2.37. The van der Waals surface area contributed by atoms with Gasteiger partial charge in [-0.2, -0.15) is 0 Å². The number of ether oxygens (including phenoxy) is 4. The fraction of sp³-hybridized carbons (Fsp3) is 0.270. The van der Waals surface area contributed by atoms with Gasteiger partial charge in [0.1, 0.15) is 37.8 Å². The molecule has 2 aliphatic heterocycles. The van der Waals surface area contributed by atoms with Crippen molar-refractivity contribution in [2.75, 3.05) is 41.1 Å². The number of benzene rings is 9. The summed E-state index contributed by atoms with van der Waals surface area (Å²) < 4.78 is 31.5. The number of halogens is 1. The van der Waals surface area contributed by atoms with Crippen molar-refractivity contribution in [2.45, 2.75) is 106 Å². The molecular formula is C74H74ClN3O5. The van der Waals surface area contributed by atoms with Gasteiger partial charge in [-0.3, -0.25) is 0 Å². The standard InChI is InChI=1S/C74H74ClN3O5/c1-45-34-54(73(8,9)10)35-46(2)70(45)77(58-26-28-64-67(43-58)81-32-30-79-64)61-41-60(42-62(69(61)75)78(59-27-29-65-68(44-59)82-33-31-80-65)71-47(3)36-55(37-48(71)4)74(11,12)13)76(56-24-21-53(22-25-56)72(5,6)7)57-23-20-49-38-52(19-18-50(49)39-57)66-40-51-16-14-15-17-63(51)83-66/h14-29,34-44H,30-33H2,1-13H3. The third-order valence-corrected chi connectivity index (χ3v) is 16.7. The predicted molar refractivity (Wildman–Crippen MR) is 345 cm³/mol. The lowest BCUT2D eigenvalue weighted by Crippen LogP contribution is -2.21. The second kappa shape index (κ2) is 21.1. The zero-order chi connectivity index (χ0) is 58.3. The van der Waals surface area contributed by atoms with Gasteiger partial charge in [-0.05, 0) is 173 Å². The molecule has 0 radical (unpaired) electrons. The molecule has 0 spiro atoms. The maximum absolute atomic E-state index is 8.49. The second-order valence-electron chi connectivity index (χ2n) is 25.6. The average Bonchev–Trinajstić information content (AvgIpc) is 3.24. The largest absolute Gasteiger partial charge is 0.486 e. The molecule has 0 N–H and O–H groups in total. The van der Waals surface area contributed by atoms with Gasteiger partial charge in [0, 0.05) is 34.5 Å². The number of anilines is 9. The summed E-state index contributed by atoms with van der Waals surface area (Å²) >= 11 is 8.49. The minimum absolute atomic E-state index is 0.0742. The van der Waals surface area contributed by atoms with Gasteiger partial charge >= 0.3 is 0 Å². The van der Waals surface area contributed by atoms with Crippen LogP contribution in [0, 0.1) is 27.7 Å². The molecule has 12 rings (SSSR count). The molecule has 0 atom stereocenters. The first-order valence-electron chi connectivity index (χ1n) is 29.0. The minimum atomic E-state index is -0.0963. The first-order valence-corrected chi connectivity index (χ1v) is 29.4. The smallest absolute Gasteiger partial charge is 0.163 e. The van der Waals surface area contributed by atoms with E-state index in [0.717, 1.165) is 107 Å². The Morgan fingerprint density at radius 2 is 0.795 bits per heavy atom. The third-order valence-electron chi connectivity index (χ3n) is 16.3. The highest BCUT2D eigenvalue weighted by Gasteiger charge is 2.32. The quantitative estimate of drug-likeness (QED) is 0.134. The average molecular weight is 1120 g/mol. The van der Waals surface area contributed by atoms with Crippen molar-refractivity contribution in [2.24, 2.45) is 0 Å². The molecule has 0 bridgehead atoms. The highest BCUT2D eigenvalue weighted by Crippen LogP contribution is 2.55. The summed E-state index contributed by atoms with van der Waals surface area (Å²) in [5, 5.41) is 3.79. The summed E-state index contributed by atoms with van der Waals surface area (Å²) in [6.07, 6.45) is 0. The van der Waals surface area contributed by atoms with Crippen LogP contribution in [0.3, 0.4) is 0 Å². The van der Waals surface area contributed by atoms with E-state index in [4.69, 9.17) is 35.0 Å². The van der Waals surface area contributed by atoms with E-state index in [1.165, 1.54) is 16.7 Å². The molecule has 8 nitrogen and oxygen atoms in total. The topological polar surface area (TPSA) is 59.8 Å². The van der Waals surface area contributed by atoms with E-state index in [2.05, 4.69) is 238 Å². The number of nitrogens with zero attached hydrogens (tertiary/aromatic N) is 3. The van der Waals surface area contributed by atoms with Gasteiger partial charge < -0.3 is 38.1 Å². The fourth-order valence-corrected chi connectivity index (χ4v) is 12.1. The molecule has 0 saturated heterocycles. The van der Waals surface area contributed by atoms with Crippen LogP contribution in [0.2, 0.25) is 5.02 Å². The lowest BCUT2D eigenvalue weighted by atomic mass is 9.84. The van der Waals surface area contributed by atoms with Crippen molar-refractivity contribution in [3.63, 3.8) is 0 Å². The molecule has 1 aromatic heterocycles. The molecule has 9 aromatic carbocycles. The van der Waals surface area contributed by atoms with Crippen LogP contribution < -0.4 is 33.6 Å². The number of furan rings is 1. The Labute approximate surface area is 494 Å². The zero-order valence-corrected chi connectivity index (χ0v) is 50.9. The fourth-order valence-electron chi connectivity index (χ4n) is 11.8. The summed E-state index contributed by atoms with van der Waals surface area (Å²) in [4.78, 5) is 7.03. The molecule has 2 aliphatic rings. The van der Waals surface area contributed by atoms with Crippen LogP contribution in [-0.2, 0) is 16.2 Å². The maximum atomic E-state index is 8.49. The van der Waals surface area contributed by atoms with Crippen LogP contribution in [0.5, 0.6) is 23.0 Å². The van der Waals surface area contributed by atoms with Gasteiger partial charge in [0.2, 0.25) is 0 Å². The van der Waals surface area contributed by atoms with Gasteiger partial charge in [-0.1, -0.05) is 147 Å². The van der Waals surface area contributed by atoms with Crippen LogP contribution in [-0.4, -0.2) is 26.4 Å². The van der Waals surface area contributed by atoms with Crippen LogP contribution in [0.4, 0.5) is 51.2 Å². The van der Waals surface area contributed by atoms with Crippen molar-refractivity contribution >= 4 is 84.5 Å². The van der Waals surface area contributed by atoms with Crippen molar-refractivity contribution < 1.29 is 23.4 Å². The van der Waals surface area contributed by atoms with Crippen molar-refractivity contribution in [3.8, 4) is 34.3 Å². The molecule has 0 saturated carbocycles. The second-order valence-corrected chi connectivity index (χ2v) is 25.9. The summed E-state index contributed by atoms with van der Waals surface area (Å²) in [5.41, 5.74) is 17.9. The van der Waals surface area contributed by atoms with Crippen LogP contribution in [0.25, 0.3) is 33.1 Å². The SMILES string of the molecule is Cc1cc(C(C)(C)C)cc(C)c1N(c1ccc2c(c1)OCCO2)c1cc(N(c2ccc(C(C)(C)C)cc2)c2ccc3cc(-c4cc5ccccc5o4)ccc3c2)cc(N(c2ccc3c(c2)OCCO3)c2c(C)cc(C(C)(C)C)cc2C)c1Cl. The summed E-state index contributed by atoms with van der Waals surface area (Å²) in [5.74, 6) is 3.60. The van der Waals surface area contributed by atoms with E-state index in [0.29, 0.717) is 54.4 Å². The highest BCUT2D eigenvalue weighted by atomic mass is 35.5. The summed E-state index contributed by atoms with van der Waals surface area (Å²) in [6.45, 7) is 31.1. The zero-order valence-electron chi connectivity index (χ0n) is 50.2. The summed E-state index contributed by atoms with van der Waals surface area (Å²) in [6, 6.07) is 58.9. The number of aryl methyl sites for hydroxylation is 4. The molecule has 0 unspecified atom stereocenters. The van der Waals surface area contributed by atoms with E-state index in [1.807, 2.05) is 30.3 Å². The minimum Gasteiger partial charge on any atom is -0.486 e. The van der Waals surface area contributed by atoms with Crippen molar-refractivity contribution in [3.05, 3.63) is 208 Å². The Morgan fingerprint density at radius 1 is 0.361 bits per heavy atom. The van der Waals surface area contributed by atoms with E-state index in [9.17, 15) is 0 Å². The molecule has 3 heterocycles. The Bertz CT molecular complexity index is 3900. The predicted octanol–water partition coefficient (Wildman–Crippen LogP) is 21.0.